The Labute approximate surface area is 254 Å². The van der Waals surface area contributed by atoms with Crippen LogP contribution in [0.5, 0.6) is 0 Å². The topological polar surface area (TPSA) is 118 Å². The van der Waals surface area contributed by atoms with Gasteiger partial charge in [0.05, 0.1) is 28.5 Å². The quantitative estimate of drug-likeness (QED) is 0.290. The minimum Gasteiger partial charge on any atom is -0.455 e. The van der Waals surface area contributed by atoms with Gasteiger partial charge in [-0.05, 0) is 60.9 Å². The molecule has 2 aromatic heterocycles. The van der Waals surface area contributed by atoms with Gasteiger partial charge in [0.25, 0.3) is 11.8 Å². The lowest BCUT2D eigenvalue weighted by molar-refractivity contribution is 0.0691. The molecule has 12 heteroatoms. The number of carbonyl (C=O) groups excluding carboxylic acids is 2. The average Bonchev–Trinajstić information content (AvgIpc) is 3.56. The molecule has 1 aliphatic rings. The molecule has 3 heterocycles. The minimum atomic E-state index is -3.68. The first-order valence-electron chi connectivity index (χ1n) is 14.2. The number of para-hydroxylation sites is 2. The monoisotopic (exact) mass is 617 g/mol. The number of aromatic nitrogens is 2. The summed E-state index contributed by atoms with van der Waals surface area (Å²) in [5, 5.41) is 3.15. The molecule has 0 radical (unpaired) electrons. The molecule has 0 unspecified atom stereocenters. The maximum atomic E-state index is 13.8. The summed E-state index contributed by atoms with van der Waals surface area (Å²) >= 11 is 0. The van der Waals surface area contributed by atoms with E-state index in [2.05, 4.69) is 10.3 Å². The van der Waals surface area contributed by atoms with Crippen molar-refractivity contribution >= 4 is 49.5 Å². The molecule has 0 aliphatic carbocycles. The van der Waals surface area contributed by atoms with E-state index in [1.165, 1.54) is 42.7 Å². The number of benzene rings is 3. The summed E-state index contributed by atoms with van der Waals surface area (Å²) < 4.78 is 48.4. The highest BCUT2D eigenvalue weighted by atomic mass is 32.2. The van der Waals surface area contributed by atoms with Crippen LogP contribution in [-0.2, 0) is 17.1 Å². The van der Waals surface area contributed by atoms with E-state index in [1.807, 2.05) is 31.3 Å². The van der Waals surface area contributed by atoms with Gasteiger partial charge in [-0.15, -0.1) is 0 Å². The molecule has 10 nitrogen and oxygen atoms in total. The van der Waals surface area contributed by atoms with Crippen molar-refractivity contribution < 1.29 is 26.8 Å². The molecular formula is C32H32FN5O5S. The van der Waals surface area contributed by atoms with E-state index in [4.69, 9.17) is 4.42 Å². The van der Waals surface area contributed by atoms with Gasteiger partial charge in [-0.2, -0.15) is 0 Å². The Morgan fingerprint density at radius 1 is 1.11 bits per heavy atom. The fourth-order valence-electron chi connectivity index (χ4n) is 5.98. The summed E-state index contributed by atoms with van der Waals surface area (Å²) in [6.45, 7) is 0.859. The van der Waals surface area contributed by atoms with Gasteiger partial charge < -0.3 is 19.2 Å². The van der Waals surface area contributed by atoms with Crippen LogP contribution in [0, 0.1) is 5.82 Å². The van der Waals surface area contributed by atoms with E-state index in [0.29, 0.717) is 59.5 Å². The molecule has 1 saturated heterocycles. The van der Waals surface area contributed by atoms with E-state index in [9.17, 15) is 22.4 Å². The molecule has 1 fully saturated rings. The third kappa shape index (κ3) is 5.08. The van der Waals surface area contributed by atoms with Crippen molar-refractivity contribution in [2.75, 3.05) is 37.7 Å². The van der Waals surface area contributed by atoms with E-state index in [-0.39, 0.29) is 23.1 Å². The number of hydrogen-bond donors (Lipinski definition) is 1. The third-order valence-corrected chi connectivity index (χ3v) is 9.55. The van der Waals surface area contributed by atoms with Crippen LogP contribution >= 0.6 is 0 Å². The minimum absolute atomic E-state index is 0.208. The number of hydrogen-bond acceptors (Lipinski definition) is 6. The van der Waals surface area contributed by atoms with Gasteiger partial charge in [-0.25, -0.2) is 17.8 Å². The van der Waals surface area contributed by atoms with Gasteiger partial charge >= 0.3 is 0 Å². The zero-order chi connectivity index (χ0) is 31.3. The molecule has 6 rings (SSSR count). The Morgan fingerprint density at radius 3 is 2.52 bits per heavy atom. The van der Waals surface area contributed by atoms with E-state index < -0.39 is 21.7 Å². The van der Waals surface area contributed by atoms with Gasteiger partial charge in [-0.3, -0.25) is 13.9 Å². The van der Waals surface area contributed by atoms with Crippen molar-refractivity contribution in [3.8, 4) is 11.3 Å². The number of rotatable bonds is 6. The molecule has 0 bridgehead atoms. The summed E-state index contributed by atoms with van der Waals surface area (Å²) in [5.41, 5.74) is 3.71. The Balaban J connectivity index is 1.47. The normalized spacial score (nSPS) is 15.6. The summed E-state index contributed by atoms with van der Waals surface area (Å²) in [7, 11) is 1.11. The highest BCUT2D eigenvalue weighted by molar-refractivity contribution is 7.92. The summed E-state index contributed by atoms with van der Waals surface area (Å²) in [5.74, 6) is -0.711. The van der Waals surface area contributed by atoms with Crippen molar-refractivity contribution in [1.82, 2.24) is 19.8 Å². The van der Waals surface area contributed by atoms with E-state index in [1.54, 1.807) is 21.6 Å². The van der Waals surface area contributed by atoms with Crippen molar-refractivity contribution in [2.45, 2.75) is 18.8 Å². The SMILES string of the molecule is CNC(=O)c1c(-c2ccc(F)cc2)oc2cc(N(C)S(C)(=O)=O)c([C@H]3CCCN(C(=O)c4nc5ccccc5n4C)C3)cc12. The van der Waals surface area contributed by atoms with Crippen molar-refractivity contribution in [1.29, 1.82) is 0 Å². The van der Waals surface area contributed by atoms with Crippen LogP contribution in [0.15, 0.2) is 65.1 Å². The lowest BCUT2D eigenvalue weighted by Crippen LogP contribution is -2.40. The second kappa shape index (κ2) is 11.1. The molecule has 1 aliphatic heterocycles. The lowest BCUT2D eigenvalue weighted by atomic mass is 9.88. The number of sulfonamides is 1. The largest absolute Gasteiger partial charge is 0.455 e. The van der Waals surface area contributed by atoms with Gasteiger partial charge in [0, 0.05) is 57.2 Å². The van der Waals surface area contributed by atoms with Crippen LogP contribution in [0.25, 0.3) is 33.3 Å². The van der Waals surface area contributed by atoms with E-state index in [0.717, 1.165) is 17.3 Å². The average molecular weight is 618 g/mol. The second-order valence-corrected chi connectivity index (χ2v) is 13.1. The predicted octanol–water partition coefficient (Wildman–Crippen LogP) is 4.90. The maximum absolute atomic E-state index is 13.8. The van der Waals surface area contributed by atoms with Gasteiger partial charge in [0.1, 0.15) is 17.2 Å². The van der Waals surface area contributed by atoms with Crippen molar-refractivity contribution in [2.24, 2.45) is 7.05 Å². The molecule has 44 heavy (non-hydrogen) atoms. The molecule has 3 aromatic carbocycles. The number of fused-ring (bicyclic) bond motifs is 2. The number of anilines is 1. The molecule has 2 amide bonds. The van der Waals surface area contributed by atoms with Crippen molar-refractivity contribution in [3.63, 3.8) is 0 Å². The van der Waals surface area contributed by atoms with E-state index >= 15 is 0 Å². The summed E-state index contributed by atoms with van der Waals surface area (Å²) in [4.78, 5) is 33.3. The molecule has 1 N–H and O–H groups in total. The van der Waals surface area contributed by atoms with Crippen LogP contribution in [0.1, 0.15) is 45.3 Å². The van der Waals surface area contributed by atoms with Crippen LogP contribution in [0.3, 0.4) is 0 Å². The molecule has 228 valence electrons. The Morgan fingerprint density at radius 2 is 1.84 bits per heavy atom. The second-order valence-electron chi connectivity index (χ2n) is 11.1. The van der Waals surface area contributed by atoms with Crippen LogP contribution in [0.4, 0.5) is 10.1 Å². The molecule has 0 spiro atoms. The zero-order valence-electron chi connectivity index (χ0n) is 24.8. The number of aryl methyl sites for hydroxylation is 1. The fraction of sp³-hybridized carbons (Fsp3) is 0.281. The summed E-state index contributed by atoms with van der Waals surface area (Å²) in [6, 6.07) is 16.6. The fourth-order valence-corrected chi connectivity index (χ4v) is 6.49. The number of halogens is 1. The Hall–Kier alpha value is -4.71. The standard InChI is InChI=1S/C32H32FN5O5S/c1-34-31(39)28-23-16-22(20-8-7-15-38(18-20)32(40)30-35-24-9-5-6-10-25(24)36(30)2)26(37(3)44(4,41)42)17-27(23)43-29(28)19-11-13-21(33)14-12-19/h5-6,9-14,16-17,20H,7-8,15,18H2,1-4H3,(H,34,39)/t20-/m0/s1. The summed E-state index contributed by atoms with van der Waals surface area (Å²) in [6.07, 6.45) is 2.50. The number of piperidine rings is 1. The Bertz CT molecular complexity index is 2030. The number of carbonyl (C=O) groups is 2. The van der Waals surface area contributed by atoms with Gasteiger partial charge in [-0.1, -0.05) is 12.1 Å². The maximum Gasteiger partial charge on any atom is 0.289 e. The first-order valence-corrected chi connectivity index (χ1v) is 16.1. The van der Waals surface area contributed by atoms with Crippen LogP contribution < -0.4 is 9.62 Å². The van der Waals surface area contributed by atoms with Gasteiger partial charge in [0.2, 0.25) is 10.0 Å². The molecular weight excluding hydrogens is 585 g/mol. The number of imidazole rings is 1. The number of nitrogens with zero attached hydrogens (tertiary/aromatic N) is 4. The molecule has 0 saturated carbocycles. The van der Waals surface area contributed by atoms with Crippen LogP contribution in [0.2, 0.25) is 0 Å². The first kappa shape index (κ1) is 29.4. The highest BCUT2D eigenvalue weighted by Gasteiger charge is 2.32. The Kier molecular flexibility index (Phi) is 7.40. The number of amides is 2. The lowest BCUT2D eigenvalue weighted by Gasteiger charge is -2.34. The number of likely N-dealkylation sites (tertiary alicyclic amines) is 1. The molecule has 1 atom stereocenters. The highest BCUT2D eigenvalue weighted by Crippen LogP contribution is 2.42. The third-order valence-electron chi connectivity index (χ3n) is 8.36. The van der Waals surface area contributed by atoms with Crippen molar-refractivity contribution in [3.05, 3.63) is 83.4 Å². The number of furan rings is 1. The predicted molar refractivity (Wildman–Crippen MR) is 167 cm³/mol. The first-order chi connectivity index (χ1) is 21.0. The molecule has 5 aromatic rings. The zero-order valence-corrected chi connectivity index (χ0v) is 25.6. The number of nitrogens with one attached hydrogen (secondary N) is 1. The smallest absolute Gasteiger partial charge is 0.289 e. The van der Waals surface area contributed by atoms with Crippen LogP contribution in [-0.4, -0.2) is 68.1 Å². The van der Waals surface area contributed by atoms with Gasteiger partial charge in [0.15, 0.2) is 5.82 Å².